The van der Waals surface area contributed by atoms with Gasteiger partial charge in [0.05, 0.1) is 16.7 Å². The largest absolute Gasteiger partial charge is 0.454 e. The SMILES string of the molecule is O=C1NC(=O)C(c2cn(CCCO)c3cc4c(cc23)OCO4)=C1c1c[nH]c2ccccc12. The van der Waals surface area contributed by atoms with Crippen molar-refractivity contribution < 1.29 is 24.2 Å². The van der Waals surface area contributed by atoms with Crippen LogP contribution in [0.4, 0.5) is 0 Å². The number of hydrogen-bond acceptors (Lipinski definition) is 5. The van der Waals surface area contributed by atoms with Gasteiger partial charge in [0.15, 0.2) is 11.5 Å². The predicted octanol–water partition coefficient (Wildman–Crippen LogP) is 2.80. The second-order valence-corrected chi connectivity index (χ2v) is 7.82. The zero-order chi connectivity index (χ0) is 21.8. The Morgan fingerprint density at radius 1 is 0.969 bits per heavy atom. The minimum Gasteiger partial charge on any atom is -0.454 e. The number of carbonyl (C=O) groups excluding carboxylic acids is 2. The Kier molecular flexibility index (Phi) is 4.09. The minimum absolute atomic E-state index is 0.0435. The van der Waals surface area contributed by atoms with Crippen molar-refractivity contribution in [3.63, 3.8) is 0 Å². The monoisotopic (exact) mass is 429 g/mol. The molecule has 2 aliphatic rings. The first-order valence-corrected chi connectivity index (χ1v) is 10.4. The summed E-state index contributed by atoms with van der Waals surface area (Å²) in [5.74, 6) is 0.365. The van der Waals surface area contributed by atoms with Gasteiger partial charge in [0, 0.05) is 59.0 Å². The summed E-state index contributed by atoms with van der Waals surface area (Å²) in [6, 6.07) is 11.4. The fourth-order valence-electron chi connectivity index (χ4n) is 4.55. The molecule has 0 atom stereocenters. The Bertz CT molecular complexity index is 1460. The van der Waals surface area contributed by atoms with E-state index in [1.807, 2.05) is 47.2 Å². The average molecular weight is 429 g/mol. The molecule has 2 aromatic carbocycles. The van der Waals surface area contributed by atoms with Gasteiger partial charge in [0.2, 0.25) is 6.79 Å². The number of aryl methyl sites for hydroxylation is 1. The molecule has 0 aliphatic carbocycles. The minimum atomic E-state index is -0.436. The van der Waals surface area contributed by atoms with Crippen LogP contribution < -0.4 is 14.8 Å². The van der Waals surface area contributed by atoms with E-state index < -0.39 is 11.8 Å². The van der Waals surface area contributed by atoms with Gasteiger partial charge in [-0.15, -0.1) is 0 Å². The van der Waals surface area contributed by atoms with E-state index in [-0.39, 0.29) is 13.4 Å². The van der Waals surface area contributed by atoms with Crippen LogP contribution in [0.1, 0.15) is 17.5 Å². The lowest BCUT2D eigenvalue weighted by Crippen LogP contribution is -2.22. The van der Waals surface area contributed by atoms with Gasteiger partial charge in [-0.3, -0.25) is 14.9 Å². The molecule has 4 aromatic rings. The number of aliphatic hydroxyl groups is 1. The molecule has 0 spiro atoms. The van der Waals surface area contributed by atoms with E-state index in [1.165, 1.54) is 0 Å². The second-order valence-electron chi connectivity index (χ2n) is 7.82. The molecule has 32 heavy (non-hydrogen) atoms. The van der Waals surface area contributed by atoms with Crippen LogP contribution in [0.15, 0.2) is 48.8 Å². The summed E-state index contributed by atoms with van der Waals surface area (Å²) in [5, 5.41) is 13.5. The molecule has 0 saturated heterocycles. The molecule has 8 nitrogen and oxygen atoms in total. The summed E-state index contributed by atoms with van der Waals surface area (Å²) in [4.78, 5) is 29.1. The molecule has 2 amide bonds. The number of hydrogen-bond donors (Lipinski definition) is 3. The van der Waals surface area contributed by atoms with Gasteiger partial charge in [-0.05, 0) is 18.6 Å². The standard InChI is InChI=1S/C24H19N3O5/c28-7-3-6-27-11-16(14-8-19-20(9-18(14)27)32-12-31-19)22-21(23(29)26-24(22)30)15-10-25-17-5-2-1-4-13(15)17/h1-2,4-5,8-11,25,28H,3,6-7,12H2,(H,26,29,30). The number of fused-ring (bicyclic) bond motifs is 3. The van der Waals surface area contributed by atoms with Gasteiger partial charge in [-0.2, -0.15) is 0 Å². The molecule has 0 saturated carbocycles. The number of rotatable bonds is 5. The molecule has 2 aromatic heterocycles. The zero-order valence-corrected chi connectivity index (χ0v) is 17.0. The van der Waals surface area contributed by atoms with Crippen molar-refractivity contribution >= 4 is 44.8 Å². The first-order valence-electron chi connectivity index (χ1n) is 10.4. The molecule has 0 radical (unpaired) electrons. The summed E-state index contributed by atoms with van der Waals surface area (Å²) >= 11 is 0. The highest BCUT2D eigenvalue weighted by atomic mass is 16.7. The van der Waals surface area contributed by atoms with Crippen LogP contribution in [0, 0.1) is 0 Å². The van der Waals surface area contributed by atoms with Gasteiger partial charge in [0.25, 0.3) is 11.8 Å². The Hall–Kier alpha value is -4.04. The molecule has 0 unspecified atom stereocenters. The van der Waals surface area contributed by atoms with Crippen LogP contribution in [-0.2, 0) is 16.1 Å². The molecule has 8 heteroatoms. The Labute approximate surface area is 182 Å². The maximum Gasteiger partial charge on any atom is 0.259 e. The smallest absolute Gasteiger partial charge is 0.259 e. The third-order valence-electron chi connectivity index (χ3n) is 5.99. The number of nitrogens with one attached hydrogen (secondary N) is 2. The molecule has 4 heterocycles. The van der Waals surface area contributed by atoms with Gasteiger partial charge >= 0.3 is 0 Å². The predicted molar refractivity (Wildman–Crippen MR) is 118 cm³/mol. The number of aromatic amines is 1. The molecular weight excluding hydrogens is 410 g/mol. The Morgan fingerprint density at radius 2 is 1.72 bits per heavy atom. The summed E-state index contributed by atoms with van der Waals surface area (Å²) in [6.45, 7) is 0.732. The highest BCUT2D eigenvalue weighted by molar-refractivity contribution is 6.50. The third-order valence-corrected chi connectivity index (χ3v) is 5.99. The summed E-state index contributed by atoms with van der Waals surface area (Å²) < 4.78 is 13.1. The maximum atomic E-state index is 13.0. The third kappa shape index (κ3) is 2.66. The number of imide groups is 1. The van der Waals surface area contributed by atoms with Gasteiger partial charge < -0.3 is 24.1 Å². The van der Waals surface area contributed by atoms with Gasteiger partial charge in [-0.1, -0.05) is 18.2 Å². The molecule has 0 bridgehead atoms. The van der Waals surface area contributed by atoms with Crippen LogP contribution in [0.2, 0.25) is 0 Å². The van der Waals surface area contributed by atoms with Crippen molar-refractivity contribution in [1.29, 1.82) is 0 Å². The van der Waals surface area contributed by atoms with Gasteiger partial charge in [0.1, 0.15) is 0 Å². The van der Waals surface area contributed by atoms with Crippen molar-refractivity contribution in [1.82, 2.24) is 14.9 Å². The van der Waals surface area contributed by atoms with Crippen LogP contribution in [0.3, 0.4) is 0 Å². The van der Waals surface area contributed by atoms with E-state index in [9.17, 15) is 14.7 Å². The Balaban J connectivity index is 1.64. The zero-order valence-electron chi connectivity index (χ0n) is 17.0. The average Bonchev–Trinajstić information content (AvgIpc) is 3.55. The quantitative estimate of drug-likeness (QED) is 0.423. The first-order chi connectivity index (χ1) is 15.7. The highest BCUT2D eigenvalue weighted by Gasteiger charge is 2.35. The van der Waals surface area contributed by atoms with E-state index in [1.54, 1.807) is 6.20 Å². The number of H-pyrrole nitrogens is 1. The number of amides is 2. The van der Waals surface area contributed by atoms with E-state index in [0.29, 0.717) is 46.7 Å². The van der Waals surface area contributed by atoms with E-state index >= 15 is 0 Å². The van der Waals surface area contributed by atoms with Crippen LogP contribution in [-0.4, -0.2) is 39.9 Å². The fourth-order valence-corrected chi connectivity index (χ4v) is 4.55. The van der Waals surface area contributed by atoms with E-state index in [2.05, 4.69) is 10.3 Å². The first kappa shape index (κ1) is 18.7. The van der Waals surface area contributed by atoms with Crippen LogP contribution in [0.25, 0.3) is 33.0 Å². The summed E-state index contributed by atoms with van der Waals surface area (Å²) in [6.07, 6.45) is 4.17. The molecule has 160 valence electrons. The van der Waals surface area contributed by atoms with E-state index in [0.717, 1.165) is 21.8 Å². The summed E-state index contributed by atoms with van der Waals surface area (Å²) in [5.41, 5.74) is 3.71. The van der Waals surface area contributed by atoms with Crippen molar-refractivity contribution in [3.05, 3.63) is 59.9 Å². The lowest BCUT2D eigenvalue weighted by molar-refractivity contribution is -0.122. The molecule has 0 fully saturated rings. The number of ether oxygens (including phenoxy) is 2. The molecular formula is C24H19N3O5. The number of aromatic nitrogens is 2. The fraction of sp³-hybridized carbons (Fsp3) is 0.167. The highest BCUT2D eigenvalue weighted by Crippen LogP contribution is 2.42. The van der Waals surface area contributed by atoms with Crippen molar-refractivity contribution in [3.8, 4) is 11.5 Å². The molecule has 6 rings (SSSR count). The van der Waals surface area contributed by atoms with Crippen molar-refractivity contribution in [2.24, 2.45) is 0 Å². The number of carbonyl (C=O) groups is 2. The summed E-state index contributed by atoms with van der Waals surface area (Å²) in [7, 11) is 0. The van der Waals surface area contributed by atoms with Gasteiger partial charge in [-0.25, -0.2) is 0 Å². The maximum absolute atomic E-state index is 13.0. The lowest BCUT2D eigenvalue weighted by Gasteiger charge is -2.04. The molecule has 2 aliphatic heterocycles. The lowest BCUT2D eigenvalue weighted by atomic mass is 9.95. The van der Waals surface area contributed by atoms with Crippen molar-refractivity contribution in [2.75, 3.05) is 13.4 Å². The van der Waals surface area contributed by atoms with Crippen molar-refractivity contribution in [2.45, 2.75) is 13.0 Å². The second kappa shape index (κ2) is 7.00. The number of nitrogens with zero attached hydrogens (tertiary/aromatic N) is 1. The van der Waals surface area contributed by atoms with E-state index in [4.69, 9.17) is 9.47 Å². The number of aliphatic hydroxyl groups excluding tert-OH is 1. The molecule has 3 N–H and O–H groups in total. The topological polar surface area (TPSA) is 106 Å². The van der Waals surface area contributed by atoms with Crippen LogP contribution in [0.5, 0.6) is 11.5 Å². The number of para-hydroxylation sites is 1. The van der Waals surface area contributed by atoms with Crippen LogP contribution >= 0.6 is 0 Å². The normalized spacial score (nSPS) is 15.4. The number of benzene rings is 2. The Morgan fingerprint density at radius 3 is 2.53 bits per heavy atom.